The van der Waals surface area contributed by atoms with Crippen molar-refractivity contribution in [1.29, 1.82) is 0 Å². The zero-order valence-electron chi connectivity index (χ0n) is 89.5. The van der Waals surface area contributed by atoms with Crippen molar-refractivity contribution in [2.45, 2.75) is 431 Å². The van der Waals surface area contributed by atoms with Crippen LogP contribution < -0.4 is 43.4 Å². The highest BCUT2D eigenvalue weighted by Crippen LogP contribution is 2.11. The third-order valence-corrected chi connectivity index (χ3v) is 9.20. The molecule has 0 amide bonds. The first kappa shape index (κ1) is 187. The SMILES string of the molecule is C1=CCCC1.C1=CNCC1.C1=COCC1.C1=CSCC1.C1=NCCC1.C1=NCNN1.C1=NCON1.C1=NNCC1.C1=NNCO1.C1=NNCS1.C1=NOCC1.C1=NSCC1.C1CNN=N1.CC.CC.CC.CC.CC.CC.CC.CC.CC.CC.CC.CC.CC.CC.CC.CC.CC.CC.CC.CC.CC.CC.CC.CC.CC.CC. The Hall–Kier alpha value is -5.11. The van der Waals surface area contributed by atoms with E-state index in [1.807, 2.05) is 403 Å². The lowest BCUT2D eigenvalue weighted by atomic mass is 10.4. The van der Waals surface area contributed by atoms with Crippen molar-refractivity contribution in [2.24, 2.45) is 50.2 Å². The summed E-state index contributed by atoms with van der Waals surface area (Å²) in [5.41, 5.74) is 20.4. The summed E-state index contributed by atoms with van der Waals surface area (Å²) in [5.74, 6) is 3.44. The Kier molecular flexibility index (Phi) is 595. The summed E-state index contributed by atoms with van der Waals surface area (Å²) in [7, 11) is 0. The zero-order chi connectivity index (χ0) is 98.0. The molecule has 13 aliphatic rings. The molecule has 728 valence electrons. The Labute approximate surface area is 755 Å². The molecule has 0 aromatic heterocycles. The van der Waals surface area contributed by atoms with Crippen LogP contribution in [0, 0.1) is 0 Å². The zero-order valence-corrected chi connectivity index (χ0v) is 92.0. The van der Waals surface area contributed by atoms with E-state index in [0.29, 0.717) is 20.1 Å². The van der Waals surface area contributed by atoms with Gasteiger partial charge in [0.05, 0.1) is 43.7 Å². The molecule has 0 saturated carbocycles. The molecule has 117 heavy (non-hydrogen) atoms. The maximum Gasteiger partial charge on any atom is 0.194 e. The fourth-order valence-electron chi connectivity index (χ4n) is 4.03. The van der Waals surface area contributed by atoms with Crippen LogP contribution >= 0.6 is 35.5 Å². The molecule has 1 aliphatic carbocycles. The Bertz CT molecular complexity index is 995. The second-order valence-electron chi connectivity index (χ2n) is 12.4. The molecule has 22 nitrogen and oxygen atoms in total. The van der Waals surface area contributed by atoms with Gasteiger partial charge in [-0.05, 0) is 87.2 Å². The minimum absolute atomic E-state index is 0.458. The van der Waals surface area contributed by atoms with E-state index < -0.39 is 0 Å². The fraction of sp³-hybridized carbons (Fsp3) is 0.826. The minimum atomic E-state index is 0.458. The number of hydroxylamine groups is 1. The van der Waals surface area contributed by atoms with Crippen LogP contribution in [-0.2, 0) is 19.1 Å². The third kappa shape index (κ3) is 367. The van der Waals surface area contributed by atoms with Crippen LogP contribution in [0.25, 0.3) is 0 Å². The van der Waals surface area contributed by atoms with Crippen molar-refractivity contribution in [3.63, 3.8) is 0 Å². The van der Waals surface area contributed by atoms with Crippen molar-refractivity contribution >= 4 is 85.0 Å². The van der Waals surface area contributed by atoms with Gasteiger partial charge in [0, 0.05) is 69.0 Å². The van der Waals surface area contributed by atoms with Crippen LogP contribution in [0.3, 0.4) is 0 Å². The number of hydrazine groups is 1. The molecule has 0 fully saturated rings. The summed E-state index contributed by atoms with van der Waals surface area (Å²) in [4.78, 5) is 20.3. The van der Waals surface area contributed by atoms with Crippen LogP contribution in [0.15, 0.2) is 98.4 Å². The average Bonchev–Trinajstić information content (AvgIpc) is 4.88. The summed E-state index contributed by atoms with van der Waals surface area (Å²) in [6.45, 7) is 112. The second kappa shape index (κ2) is 373. The minimum Gasteiger partial charge on any atom is -0.501 e. The number of hydrogen-bond donors (Lipinski definition) is 8. The van der Waals surface area contributed by atoms with Gasteiger partial charge in [-0.3, -0.25) is 36.6 Å². The predicted octanol–water partition coefficient (Wildman–Crippen LogP) is 32.1. The van der Waals surface area contributed by atoms with E-state index in [1.54, 1.807) is 48.1 Å². The van der Waals surface area contributed by atoms with Crippen molar-refractivity contribution in [2.75, 3.05) is 83.5 Å². The third-order valence-electron chi connectivity index (χ3n) is 7.07. The number of hydrazone groups is 3. The lowest BCUT2D eigenvalue weighted by Gasteiger charge is -1.80. The number of ether oxygens (including phenoxy) is 2. The highest BCUT2D eigenvalue weighted by Gasteiger charge is 1.90. The number of oxime groups is 1. The average molecular weight is 1750 g/mol. The van der Waals surface area contributed by atoms with E-state index >= 15 is 0 Å². The number of allylic oxidation sites excluding steroid dienone is 3. The molecule has 0 bridgehead atoms. The molecule has 0 atom stereocenters. The van der Waals surface area contributed by atoms with Gasteiger partial charge in [-0.1, -0.05) is 406 Å². The van der Waals surface area contributed by atoms with Crippen molar-refractivity contribution in [1.82, 2.24) is 43.4 Å². The summed E-state index contributed by atoms with van der Waals surface area (Å²) < 4.78 is 13.2. The van der Waals surface area contributed by atoms with Gasteiger partial charge in [-0.25, -0.2) is 14.8 Å². The smallest absolute Gasteiger partial charge is 0.194 e. The van der Waals surface area contributed by atoms with Crippen LogP contribution in [0.1, 0.15) is 431 Å². The molecule has 8 N–H and O–H groups in total. The molecule has 0 spiro atoms. The second-order valence-corrected chi connectivity index (χ2v) is 15.2. The van der Waals surface area contributed by atoms with Gasteiger partial charge in [-0.15, -0.1) is 16.9 Å². The van der Waals surface area contributed by atoms with Gasteiger partial charge in [-0.2, -0.15) is 15.3 Å². The van der Waals surface area contributed by atoms with Gasteiger partial charge in [0.1, 0.15) is 19.6 Å². The quantitative estimate of drug-likeness (QED) is 0.0829. The van der Waals surface area contributed by atoms with Crippen LogP contribution in [0.4, 0.5) is 0 Å². The number of nitrogens with one attached hydrogen (secondary N) is 8. The first-order valence-corrected chi connectivity index (χ1v) is 50.7. The van der Waals surface area contributed by atoms with E-state index in [4.69, 9.17) is 4.74 Å². The number of aliphatic imine (C=N–C) groups is 3. The van der Waals surface area contributed by atoms with E-state index in [2.05, 4.69) is 138 Å². The van der Waals surface area contributed by atoms with E-state index in [9.17, 15) is 0 Å². The summed E-state index contributed by atoms with van der Waals surface area (Å²) in [6.07, 6.45) is 40.0. The van der Waals surface area contributed by atoms with Crippen molar-refractivity contribution in [3.8, 4) is 0 Å². The lowest BCUT2D eigenvalue weighted by Crippen LogP contribution is -2.22. The largest absolute Gasteiger partial charge is 0.501 e. The van der Waals surface area contributed by atoms with Crippen molar-refractivity contribution in [3.05, 3.63) is 48.3 Å². The fourth-order valence-corrected chi connectivity index (χ4v) is 5.61. The molecule has 0 unspecified atom stereocenters. The monoisotopic (exact) mass is 1750 g/mol. The number of rotatable bonds is 0. The highest BCUT2D eigenvalue weighted by molar-refractivity contribution is 8.12. The Balaban J connectivity index is -0.0000000306. The van der Waals surface area contributed by atoms with Crippen LogP contribution in [0.2, 0.25) is 0 Å². The van der Waals surface area contributed by atoms with E-state index in [0.717, 1.165) is 71.1 Å². The van der Waals surface area contributed by atoms with Gasteiger partial charge < -0.3 is 30.5 Å². The Morgan fingerprint density at radius 3 is 1.01 bits per heavy atom. The summed E-state index contributed by atoms with van der Waals surface area (Å²) in [6, 6.07) is 0. The predicted molar refractivity (Wildman–Crippen MR) is 571 cm³/mol. The van der Waals surface area contributed by atoms with Gasteiger partial charge in [0.2, 0.25) is 0 Å². The molecule has 25 heteroatoms. The molecule has 12 aliphatic heterocycles. The molecule has 0 aromatic carbocycles. The normalized spacial score (nSPS) is 12.2. The Morgan fingerprint density at radius 1 is 0.359 bits per heavy atom. The lowest BCUT2D eigenvalue weighted by molar-refractivity contribution is 0.117. The van der Waals surface area contributed by atoms with E-state index in [1.165, 1.54) is 75.6 Å². The summed E-state index contributed by atoms with van der Waals surface area (Å²) >= 11 is 5.21. The van der Waals surface area contributed by atoms with Gasteiger partial charge in [0.25, 0.3) is 0 Å². The first-order valence-electron chi connectivity index (χ1n) is 47.7. The molecule has 0 radical (unpaired) electrons. The topological polar surface area (TPSA) is 257 Å². The summed E-state index contributed by atoms with van der Waals surface area (Å²) in [5, 5.41) is 26.6. The molecule has 12 heterocycles. The van der Waals surface area contributed by atoms with Crippen LogP contribution in [0.5, 0.6) is 0 Å². The van der Waals surface area contributed by atoms with Crippen LogP contribution in [-0.4, -0.2) is 133 Å². The van der Waals surface area contributed by atoms with Crippen molar-refractivity contribution < 1.29 is 19.1 Å². The number of hydrogen-bond acceptors (Lipinski definition) is 25. The standard InChI is InChI=1S/C5H8.2C4H7N.C4H6O.C4H6S.C3H6N2.C3H5NO.C3H5NS.2C2H5N3.2C2H4N2O.C2H4N2S.26C2H6/c8*1-2-4-5-3-1;1-3-2-5-4-1;1-2-4-5-3-1;1-3-4-2-5-1;1-3-2-5-4-1;1-3-4-2-5-1;26*1-2/h1-2H,3-5H2;3H,1-2,4H2;1,3,5H,2,4H2;2*1,3H,2,4H2;2,5H,1,3H2;2*2H,1,3H2;1,5H,2H2,(H,3,4);1-2H2,(H,3,4);1,4H,2H2;1H,2H2,(H,3,4);1,4H,2H2;26*1-2H3. The molecular formula is C92H228N18O4S3. The number of thioether (sulfide) groups is 2. The number of nitrogens with zero attached hydrogens (tertiary/aromatic N) is 10. The molecular weight excluding hydrogens is 1520 g/mol. The van der Waals surface area contributed by atoms with E-state index in [-0.39, 0.29) is 0 Å². The molecule has 13 rings (SSSR count). The maximum atomic E-state index is 4.76. The first-order chi connectivity index (χ1) is 58.5. The molecule has 0 saturated heterocycles. The van der Waals surface area contributed by atoms with Gasteiger partial charge in [0.15, 0.2) is 19.9 Å². The van der Waals surface area contributed by atoms with Gasteiger partial charge >= 0.3 is 0 Å². The maximum absolute atomic E-state index is 4.76. The highest BCUT2D eigenvalue weighted by atomic mass is 32.2. The molecule has 0 aromatic rings. The Morgan fingerprint density at radius 2 is 0.897 bits per heavy atom.